The van der Waals surface area contributed by atoms with E-state index in [1.807, 2.05) is 11.1 Å². The minimum Gasteiger partial charge on any atom is -0.322 e. The molecule has 4 nitrogen and oxygen atoms in total. The highest BCUT2D eigenvalue weighted by atomic mass is 32.1. The second kappa shape index (κ2) is 5.69. The Balaban J connectivity index is 1.98. The monoisotopic (exact) mass is 267 g/mol. The lowest BCUT2D eigenvalue weighted by Gasteiger charge is -2.36. The van der Waals surface area contributed by atoms with Crippen LogP contribution in [0.4, 0.5) is 9.93 Å². The summed E-state index contributed by atoms with van der Waals surface area (Å²) in [6, 6.07) is 0.317. The Morgan fingerprint density at radius 2 is 2.33 bits per heavy atom. The van der Waals surface area contributed by atoms with Crippen LogP contribution in [-0.2, 0) is 6.42 Å². The number of aryl methyl sites for hydroxylation is 1. The Bertz CT molecular complexity index is 418. The first-order valence-corrected chi connectivity index (χ1v) is 7.44. The molecule has 0 bridgehead atoms. The minimum absolute atomic E-state index is 0.00828. The molecule has 1 N–H and O–H groups in total. The van der Waals surface area contributed by atoms with E-state index in [1.54, 1.807) is 11.3 Å². The Morgan fingerprint density at radius 1 is 1.56 bits per heavy atom. The van der Waals surface area contributed by atoms with E-state index in [4.69, 9.17) is 0 Å². The topological polar surface area (TPSA) is 45.2 Å². The first kappa shape index (κ1) is 13.3. The number of hydrogen-bond donors (Lipinski definition) is 1. The van der Waals surface area contributed by atoms with Crippen molar-refractivity contribution in [3.8, 4) is 0 Å². The van der Waals surface area contributed by atoms with Gasteiger partial charge in [0.15, 0.2) is 5.13 Å². The third kappa shape index (κ3) is 3.02. The number of amides is 2. The number of likely N-dealkylation sites (tertiary alicyclic amines) is 1. The summed E-state index contributed by atoms with van der Waals surface area (Å²) in [6.45, 7) is 7.25. The van der Waals surface area contributed by atoms with Crippen molar-refractivity contribution in [2.75, 3.05) is 11.9 Å². The van der Waals surface area contributed by atoms with Gasteiger partial charge in [-0.1, -0.05) is 13.8 Å². The minimum atomic E-state index is -0.00828. The average molecular weight is 267 g/mol. The molecule has 2 heterocycles. The molecule has 0 saturated carbocycles. The van der Waals surface area contributed by atoms with Gasteiger partial charge in [0.1, 0.15) is 0 Å². The summed E-state index contributed by atoms with van der Waals surface area (Å²) in [5.41, 5.74) is 0. The Kier molecular flexibility index (Phi) is 4.22. The maximum atomic E-state index is 12.2. The van der Waals surface area contributed by atoms with E-state index in [0.717, 1.165) is 19.4 Å². The molecule has 1 aliphatic rings. The van der Waals surface area contributed by atoms with Crippen LogP contribution in [-0.4, -0.2) is 28.5 Å². The average Bonchev–Trinajstić information content (AvgIpc) is 2.80. The maximum Gasteiger partial charge on any atom is 0.323 e. The summed E-state index contributed by atoms with van der Waals surface area (Å²) < 4.78 is 0. The van der Waals surface area contributed by atoms with E-state index in [-0.39, 0.29) is 6.03 Å². The van der Waals surface area contributed by atoms with Crippen molar-refractivity contribution < 1.29 is 4.79 Å². The highest BCUT2D eigenvalue weighted by molar-refractivity contribution is 7.15. The lowest BCUT2D eigenvalue weighted by molar-refractivity contribution is 0.147. The molecule has 1 saturated heterocycles. The fourth-order valence-corrected chi connectivity index (χ4v) is 3.01. The standard InChI is InChI=1S/C13H21N3OS/c1-4-11-7-14-12(18-11)15-13(17)16-8-9(2)5-6-10(16)3/h7,9-10H,4-6,8H2,1-3H3,(H,14,15,17). The van der Waals surface area contributed by atoms with E-state index in [9.17, 15) is 4.79 Å². The zero-order valence-electron chi connectivity index (χ0n) is 11.3. The molecule has 18 heavy (non-hydrogen) atoms. The highest BCUT2D eigenvalue weighted by Gasteiger charge is 2.27. The Hall–Kier alpha value is -1.10. The molecule has 2 rings (SSSR count). The van der Waals surface area contributed by atoms with E-state index in [1.165, 1.54) is 11.3 Å². The van der Waals surface area contributed by atoms with Crippen molar-refractivity contribution in [3.63, 3.8) is 0 Å². The molecule has 5 heteroatoms. The smallest absolute Gasteiger partial charge is 0.322 e. The van der Waals surface area contributed by atoms with Crippen LogP contribution in [0, 0.1) is 5.92 Å². The van der Waals surface area contributed by atoms with E-state index in [2.05, 4.69) is 31.1 Å². The molecular formula is C13H21N3OS. The van der Waals surface area contributed by atoms with Gasteiger partial charge in [-0.3, -0.25) is 5.32 Å². The zero-order valence-corrected chi connectivity index (χ0v) is 12.1. The lowest BCUT2D eigenvalue weighted by Crippen LogP contribution is -2.46. The fourth-order valence-electron chi connectivity index (χ4n) is 2.26. The summed E-state index contributed by atoms with van der Waals surface area (Å²) in [5, 5.41) is 3.62. The molecule has 0 radical (unpaired) electrons. The molecule has 1 fully saturated rings. The molecule has 0 spiro atoms. The first-order valence-electron chi connectivity index (χ1n) is 6.62. The van der Waals surface area contributed by atoms with Gasteiger partial charge < -0.3 is 4.90 Å². The summed E-state index contributed by atoms with van der Waals surface area (Å²) in [5.74, 6) is 0.592. The summed E-state index contributed by atoms with van der Waals surface area (Å²) in [7, 11) is 0. The molecule has 2 amide bonds. The van der Waals surface area contributed by atoms with Crippen molar-refractivity contribution in [1.82, 2.24) is 9.88 Å². The number of piperidine rings is 1. The zero-order chi connectivity index (χ0) is 13.1. The summed E-state index contributed by atoms with van der Waals surface area (Å²) in [6.07, 6.45) is 5.10. The van der Waals surface area contributed by atoms with Crippen LogP contribution in [0.25, 0.3) is 0 Å². The van der Waals surface area contributed by atoms with Crippen molar-refractivity contribution in [2.24, 2.45) is 5.92 Å². The number of rotatable bonds is 2. The number of carbonyl (C=O) groups is 1. The van der Waals surface area contributed by atoms with Crippen LogP contribution in [0.2, 0.25) is 0 Å². The van der Waals surface area contributed by atoms with Crippen molar-refractivity contribution >= 4 is 22.5 Å². The molecule has 2 unspecified atom stereocenters. The van der Waals surface area contributed by atoms with Gasteiger partial charge in [0.25, 0.3) is 0 Å². The van der Waals surface area contributed by atoms with Gasteiger partial charge in [0.2, 0.25) is 0 Å². The molecular weight excluding hydrogens is 246 g/mol. The van der Waals surface area contributed by atoms with E-state index in [0.29, 0.717) is 17.1 Å². The van der Waals surface area contributed by atoms with Gasteiger partial charge in [-0.2, -0.15) is 0 Å². The molecule has 1 aromatic rings. The van der Waals surface area contributed by atoms with Gasteiger partial charge in [0.05, 0.1) is 0 Å². The molecule has 1 aromatic heterocycles. The Labute approximate surface area is 112 Å². The van der Waals surface area contributed by atoms with Gasteiger partial charge >= 0.3 is 6.03 Å². The Morgan fingerprint density at radius 3 is 3.00 bits per heavy atom. The molecule has 100 valence electrons. The number of aromatic nitrogens is 1. The van der Waals surface area contributed by atoms with Crippen LogP contribution in [0.1, 0.15) is 38.5 Å². The molecule has 0 aliphatic carbocycles. The molecule has 0 aromatic carbocycles. The number of nitrogens with zero attached hydrogens (tertiary/aromatic N) is 2. The van der Waals surface area contributed by atoms with Crippen molar-refractivity contribution in [2.45, 2.75) is 46.1 Å². The molecule has 2 atom stereocenters. The quantitative estimate of drug-likeness (QED) is 0.893. The normalized spacial score (nSPS) is 24.1. The van der Waals surface area contributed by atoms with Crippen LogP contribution < -0.4 is 5.32 Å². The highest BCUT2D eigenvalue weighted by Crippen LogP contribution is 2.23. The number of urea groups is 1. The van der Waals surface area contributed by atoms with Crippen molar-refractivity contribution in [1.29, 1.82) is 0 Å². The predicted octanol–water partition coefficient (Wildman–Crippen LogP) is 3.36. The second-order valence-electron chi connectivity index (χ2n) is 5.10. The number of anilines is 1. The van der Waals surface area contributed by atoms with Crippen LogP contribution in [0.5, 0.6) is 0 Å². The van der Waals surface area contributed by atoms with Crippen molar-refractivity contribution in [3.05, 3.63) is 11.1 Å². The summed E-state index contributed by atoms with van der Waals surface area (Å²) in [4.78, 5) is 19.6. The third-order valence-corrected chi connectivity index (χ3v) is 4.55. The predicted molar refractivity (Wildman–Crippen MR) is 75.1 cm³/mol. The van der Waals surface area contributed by atoms with Gasteiger partial charge in [-0.05, 0) is 32.1 Å². The third-order valence-electron chi connectivity index (χ3n) is 3.49. The lowest BCUT2D eigenvalue weighted by atomic mass is 9.95. The summed E-state index contributed by atoms with van der Waals surface area (Å²) >= 11 is 1.56. The number of thiazole rings is 1. The van der Waals surface area contributed by atoms with Gasteiger partial charge in [-0.15, -0.1) is 11.3 Å². The van der Waals surface area contributed by atoms with E-state index < -0.39 is 0 Å². The van der Waals surface area contributed by atoms with Gasteiger partial charge in [-0.25, -0.2) is 9.78 Å². The van der Waals surface area contributed by atoms with Crippen LogP contribution in [0.15, 0.2) is 6.20 Å². The fraction of sp³-hybridized carbons (Fsp3) is 0.692. The SMILES string of the molecule is CCc1cnc(NC(=O)N2CC(C)CCC2C)s1. The number of hydrogen-bond acceptors (Lipinski definition) is 3. The first-order chi connectivity index (χ1) is 8.60. The number of nitrogens with one attached hydrogen (secondary N) is 1. The second-order valence-corrected chi connectivity index (χ2v) is 6.21. The van der Waals surface area contributed by atoms with E-state index >= 15 is 0 Å². The number of carbonyl (C=O) groups excluding carboxylic acids is 1. The van der Waals surface area contributed by atoms with Gasteiger partial charge in [0, 0.05) is 23.7 Å². The molecule has 1 aliphatic heterocycles. The van der Waals surface area contributed by atoms with Crippen LogP contribution >= 0.6 is 11.3 Å². The maximum absolute atomic E-state index is 12.2. The largest absolute Gasteiger partial charge is 0.323 e. The van der Waals surface area contributed by atoms with Crippen LogP contribution in [0.3, 0.4) is 0 Å².